The molecule has 0 saturated carbocycles. The van der Waals surface area contributed by atoms with Crippen molar-refractivity contribution in [3.05, 3.63) is 74.3 Å². The topological polar surface area (TPSA) is 23.8 Å². The Morgan fingerprint density at radius 1 is 1.00 bits per heavy atom. The number of hydrogen-bond donors (Lipinski definition) is 0. The summed E-state index contributed by atoms with van der Waals surface area (Å²) in [5, 5.41) is 7.41. The van der Waals surface area contributed by atoms with Crippen molar-refractivity contribution in [3.8, 4) is 6.07 Å². The Labute approximate surface area is 179 Å². The third-order valence-corrected chi connectivity index (χ3v) is 4.88. The molecule has 0 spiro atoms. The highest BCUT2D eigenvalue weighted by atomic mass is 35.5. The lowest BCUT2D eigenvalue weighted by Crippen LogP contribution is -2.19. The van der Waals surface area contributed by atoms with Gasteiger partial charge in [-0.15, -0.1) is 0 Å². The van der Waals surface area contributed by atoms with E-state index >= 15 is 0 Å². The van der Waals surface area contributed by atoms with E-state index in [1.54, 1.807) is 0 Å². The fourth-order valence-electron chi connectivity index (χ4n) is 2.62. The minimum atomic E-state index is -5.21. The molecule has 2 aromatic rings. The number of nitriles is 1. The van der Waals surface area contributed by atoms with Crippen LogP contribution in [0.4, 0.5) is 39.5 Å². The van der Waals surface area contributed by atoms with Crippen LogP contribution in [-0.4, -0.2) is 6.18 Å². The van der Waals surface area contributed by atoms with Gasteiger partial charge in [0.2, 0.25) is 0 Å². The molecule has 12 heteroatoms. The maximum atomic E-state index is 14.5. The fraction of sp³-hybridized carbons (Fsp3) is 0.211. The van der Waals surface area contributed by atoms with Crippen LogP contribution in [0.15, 0.2) is 36.4 Å². The Morgan fingerprint density at radius 3 is 2.10 bits per heavy atom. The van der Waals surface area contributed by atoms with Crippen molar-refractivity contribution in [2.24, 2.45) is 0 Å². The zero-order valence-corrected chi connectivity index (χ0v) is 16.2. The highest BCUT2D eigenvalue weighted by Crippen LogP contribution is 2.43. The van der Waals surface area contributed by atoms with Crippen molar-refractivity contribution in [2.45, 2.75) is 24.7 Å². The second kappa shape index (κ2) is 9.01. The Balaban J connectivity index is 2.65. The SMILES string of the molecule is N#Cc1ccc(/C(F)=C/C(c2cc(Cl)c(Cl)c(C(F)F)c2)C(F)(F)F)cc1C(F)(F)F. The van der Waals surface area contributed by atoms with Crippen molar-refractivity contribution in [3.63, 3.8) is 0 Å². The number of alkyl halides is 8. The van der Waals surface area contributed by atoms with Gasteiger partial charge in [-0.3, -0.25) is 0 Å². The lowest BCUT2D eigenvalue weighted by molar-refractivity contribution is -0.140. The fourth-order valence-corrected chi connectivity index (χ4v) is 3.04. The first kappa shape index (κ1) is 24.9. The van der Waals surface area contributed by atoms with Gasteiger partial charge in [0.05, 0.1) is 27.2 Å². The molecule has 0 aromatic heterocycles. The molecule has 0 bridgehead atoms. The molecule has 2 rings (SSSR count). The van der Waals surface area contributed by atoms with Gasteiger partial charge in [-0.05, 0) is 35.9 Å². The van der Waals surface area contributed by atoms with Crippen molar-refractivity contribution < 1.29 is 39.5 Å². The average molecular weight is 492 g/mol. The van der Waals surface area contributed by atoms with Gasteiger partial charge in [0.1, 0.15) is 11.7 Å². The highest BCUT2D eigenvalue weighted by molar-refractivity contribution is 6.42. The number of allylic oxidation sites excluding steroid dienone is 1. The molecule has 0 saturated heterocycles. The molecule has 0 heterocycles. The second-order valence-electron chi connectivity index (χ2n) is 6.11. The smallest absolute Gasteiger partial charge is 0.207 e. The normalized spacial score (nSPS) is 14.0. The van der Waals surface area contributed by atoms with Crippen LogP contribution in [-0.2, 0) is 6.18 Å². The number of hydrogen-bond acceptors (Lipinski definition) is 1. The molecule has 0 aliphatic heterocycles. The van der Waals surface area contributed by atoms with Crippen LogP contribution in [0.25, 0.3) is 5.83 Å². The van der Waals surface area contributed by atoms with Crippen LogP contribution in [0.3, 0.4) is 0 Å². The van der Waals surface area contributed by atoms with Gasteiger partial charge in [0, 0.05) is 11.1 Å². The summed E-state index contributed by atoms with van der Waals surface area (Å²) in [6, 6.07) is 3.71. The molecule has 0 N–H and O–H groups in total. The number of rotatable bonds is 4. The highest BCUT2D eigenvalue weighted by Gasteiger charge is 2.41. The van der Waals surface area contributed by atoms with Crippen LogP contribution in [0, 0.1) is 11.3 Å². The van der Waals surface area contributed by atoms with Gasteiger partial charge in [0.25, 0.3) is 6.43 Å². The lowest BCUT2D eigenvalue weighted by Gasteiger charge is -2.20. The first-order valence-corrected chi connectivity index (χ1v) is 8.75. The first-order valence-electron chi connectivity index (χ1n) is 7.99. The Morgan fingerprint density at radius 2 is 1.61 bits per heavy atom. The van der Waals surface area contributed by atoms with E-state index in [9.17, 15) is 39.5 Å². The molecular weight excluding hydrogens is 484 g/mol. The monoisotopic (exact) mass is 491 g/mol. The predicted molar refractivity (Wildman–Crippen MR) is 95.5 cm³/mol. The number of halogens is 11. The molecule has 2 aromatic carbocycles. The summed E-state index contributed by atoms with van der Waals surface area (Å²) in [7, 11) is 0. The minimum absolute atomic E-state index is 0.0731. The Bertz CT molecular complexity index is 1050. The lowest BCUT2D eigenvalue weighted by atomic mass is 9.94. The number of benzene rings is 2. The van der Waals surface area contributed by atoms with Gasteiger partial charge in [-0.1, -0.05) is 29.3 Å². The van der Waals surface area contributed by atoms with Crippen LogP contribution < -0.4 is 0 Å². The van der Waals surface area contributed by atoms with E-state index in [-0.39, 0.29) is 12.1 Å². The molecule has 1 nitrogen and oxygen atoms in total. The molecule has 1 unspecified atom stereocenters. The maximum Gasteiger partial charge on any atom is 0.417 e. The molecular formula is C19H8Cl2F9N. The molecule has 0 aliphatic carbocycles. The Kier molecular flexibility index (Phi) is 7.23. The quantitative estimate of drug-likeness (QED) is 0.393. The molecule has 1 atom stereocenters. The largest absolute Gasteiger partial charge is 0.417 e. The second-order valence-corrected chi connectivity index (χ2v) is 6.90. The van der Waals surface area contributed by atoms with Gasteiger partial charge >= 0.3 is 12.4 Å². The van der Waals surface area contributed by atoms with Crippen molar-refractivity contribution in [1.29, 1.82) is 5.26 Å². The summed E-state index contributed by atoms with van der Waals surface area (Å²) in [5.41, 5.74) is -5.21. The van der Waals surface area contributed by atoms with Crippen LogP contribution >= 0.6 is 23.2 Å². The van der Waals surface area contributed by atoms with Crippen molar-refractivity contribution >= 4 is 29.0 Å². The summed E-state index contributed by atoms with van der Waals surface area (Å²) in [6.45, 7) is 0. The van der Waals surface area contributed by atoms with Gasteiger partial charge in [-0.25, -0.2) is 13.2 Å². The summed E-state index contributed by atoms with van der Waals surface area (Å²) >= 11 is 11.2. The van der Waals surface area contributed by atoms with Gasteiger partial charge in [-0.2, -0.15) is 31.6 Å². The zero-order valence-electron chi connectivity index (χ0n) is 14.7. The van der Waals surface area contributed by atoms with E-state index in [1.807, 2.05) is 0 Å². The van der Waals surface area contributed by atoms with Crippen molar-refractivity contribution in [2.75, 3.05) is 0 Å². The molecule has 0 fully saturated rings. The van der Waals surface area contributed by atoms with E-state index < -0.39 is 68.4 Å². The third-order valence-electron chi connectivity index (χ3n) is 4.06. The third kappa shape index (κ3) is 5.66. The van der Waals surface area contributed by atoms with Gasteiger partial charge in [0.15, 0.2) is 0 Å². The van der Waals surface area contributed by atoms with E-state index in [4.69, 9.17) is 28.5 Å². The molecule has 166 valence electrons. The molecule has 31 heavy (non-hydrogen) atoms. The predicted octanol–water partition coefficient (Wildman–Crippen LogP) is 8.48. The maximum absolute atomic E-state index is 14.5. The zero-order chi connectivity index (χ0) is 23.7. The van der Waals surface area contributed by atoms with Crippen LogP contribution in [0.2, 0.25) is 10.0 Å². The van der Waals surface area contributed by atoms with E-state index in [0.717, 1.165) is 0 Å². The minimum Gasteiger partial charge on any atom is -0.207 e. The molecule has 0 aliphatic rings. The van der Waals surface area contributed by atoms with E-state index in [0.29, 0.717) is 24.3 Å². The summed E-state index contributed by atoms with van der Waals surface area (Å²) in [4.78, 5) is 0. The Hall–Kier alpha value is -2.38. The standard InChI is InChI=1S/C19H8Cl2F9N/c20-14-5-10(3-11(16(14)21)17(23)24)13(19(28,29)30)6-15(22)8-1-2-9(7-31)12(4-8)18(25,26)27/h1-6,13,17H/b15-6-. The summed E-state index contributed by atoms with van der Waals surface area (Å²) in [5.74, 6) is -4.55. The summed E-state index contributed by atoms with van der Waals surface area (Å²) in [6.07, 6.45) is -13.6. The number of nitrogens with zero attached hydrogens (tertiary/aromatic N) is 1. The van der Waals surface area contributed by atoms with E-state index in [2.05, 4.69) is 0 Å². The average Bonchev–Trinajstić information content (AvgIpc) is 2.65. The summed E-state index contributed by atoms with van der Waals surface area (Å²) < 4.78 is 120. The van der Waals surface area contributed by atoms with Crippen LogP contribution in [0.1, 0.15) is 40.2 Å². The molecule has 0 radical (unpaired) electrons. The first-order chi connectivity index (χ1) is 14.2. The molecule has 0 amide bonds. The van der Waals surface area contributed by atoms with E-state index in [1.165, 1.54) is 6.07 Å². The van der Waals surface area contributed by atoms with Crippen molar-refractivity contribution in [1.82, 2.24) is 0 Å². The van der Waals surface area contributed by atoms with Crippen LogP contribution in [0.5, 0.6) is 0 Å². The van der Waals surface area contributed by atoms with Gasteiger partial charge < -0.3 is 0 Å².